The van der Waals surface area contributed by atoms with Crippen molar-refractivity contribution in [3.63, 3.8) is 0 Å². The minimum atomic E-state index is -1.31. The Kier molecular flexibility index (Phi) is 2.63. The minimum absolute atomic E-state index is 0.227. The van der Waals surface area contributed by atoms with Gasteiger partial charge in [0.1, 0.15) is 24.1 Å². The van der Waals surface area contributed by atoms with Crippen molar-refractivity contribution < 1.29 is 9.90 Å². The van der Waals surface area contributed by atoms with Crippen molar-refractivity contribution in [3.8, 4) is 0 Å². The first-order valence-electron chi connectivity index (χ1n) is 3.71. The summed E-state index contributed by atoms with van der Waals surface area (Å²) in [4.78, 5) is 18.9. The van der Waals surface area contributed by atoms with E-state index in [1.54, 1.807) is 6.92 Å². The molecule has 0 aliphatic rings. The molecular formula is C7H9N4O2-. The number of carbonyl (C=O) groups is 1. The zero-order chi connectivity index (χ0) is 9.84. The van der Waals surface area contributed by atoms with E-state index in [-0.39, 0.29) is 18.2 Å². The van der Waals surface area contributed by atoms with E-state index >= 15 is 0 Å². The van der Waals surface area contributed by atoms with Gasteiger partial charge in [-0.05, 0) is 6.92 Å². The molecule has 0 saturated heterocycles. The maximum absolute atomic E-state index is 10.6. The zero-order valence-corrected chi connectivity index (χ0v) is 7.10. The number of anilines is 2. The number of nitrogens with two attached hydrogens (primary N) is 1. The molecule has 1 amide bonds. The fourth-order valence-corrected chi connectivity index (χ4v) is 0.894. The van der Waals surface area contributed by atoms with E-state index in [2.05, 4.69) is 9.97 Å². The number of aromatic nitrogens is 2. The smallest absolute Gasteiger partial charge is 0.142 e. The van der Waals surface area contributed by atoms with Gasteiger partial charge in [0.15, 0.2) is 0 Å². The Morgan fingerprint density at radius 2 is 2.38 bits per heavy atom. The Morgan fingerprint density at radius 3 is 2.85 bits per heavy atom. The number of amides is 1. The molecule has 1 rings (SSSR count). The van der Waals surface area contributed by atoms with Crippen molar-refractivity contribution >= 4 is 17.7 Å². The van der Waals surface area contributed by atoms with Gasteiger partial charge in [-0.25, -0.2) is 9.97 Å². The number of carbonyl (C=O) groups excluding carboxylic acids is 1. The standard InChI is InChI=1S/C7H10N4O2/c1-2-11(7(12)13)6-3-5(8)9-4-10-6/h3-4H,2H2,1H3,(H,12,13)(H2,8,9,10)/p-1. The van der Waals surface area contributed by atoms with Gasteiger partial charge in [0, 0.05) is 12.6 Å². The van der Waals surface area contributed by atoms with E-state index in [0.717, 1.165) is 4.90 Å². The largest absolute Gasteiger partial charge is 0.530 e. The van der Waals surface area contributed by atoms with Crippen molar-refractivity contribution in [1.29, 1.82) is 0 Å². The van der Waals surface area contributed by atoms with E-state index in [4.69, 9.17) is 5.73 Å². The van der Waals surface area contributed by atoms with E-state index in [1.165, 1.54) is 12.4 Å². The van der Waals surface area contributed by atoms with E-state index in [1.807, 2.05) is 0 Å². The second-order valence-corrected chi connectivity index (χ2v) is 2.31. The zero-order valence-electron chi connectivity index (χ0n) is 7.10. The summed E-state index contributed by atoms with van der Waals surface area (Å²) < 4.78 is 0. The monoisotopic (exact) mass is 181 g/mol. The Morgan fingerprint density at radius 1 is 1.69 bits per heavy atom. The summed E-state index contributed by atoms with van der Waals surface area (Å²) in [5.41, 5.74) is 5.36. The van der Waals surface area contributed by atoms with Crippen molar-refractivity contribution in [2.24, 2.45) is 0 Å². The first-order valence-corrected chi connectivity index (χ1v) is 3.71. The average molecular weight is 181 g/mol. The van der Waals surface area contributed by atoms with Crippen LogP contribution in [0.2, 0.25) is 0 Å². The van der Waals surface area contributed by atoms with Gasteiger partial charge < -0.3 is 20.5 Å². The third-order valence-corrected chi connectivity index (χ3v) is 1.49. The summed E-state index contributed by atoms with van der Waals surface area (Å²) in [6.07, 6.45) is -0.100. The maximum atomic E-state index is 10.6. The lowest BCUT2D eigenvalue weighted by molar-refractivity contribution is -0.246. The predicted molar refractivity (Wildman–Crippen MR) is 44.9 cm³/mol. The third-order valence-electron chi connectivity index (χ3n) is 1.49. The van der Waals surface area contributed by atoms with Gasteiger partial charge in [-0.3, -0.25) is 0 Å². The van der Waals surface area contributed by atoms with Gasteiger partial charge in [0.25, 0.3) is 0 Å². The summed E-state index contributed by atoms with van der Waals surface area (Å²) in [6, 6.07) is 1.37. The number of hydrogen-bond donors (Lipinski definition) is 1. The minimum Gasteiger partial charge on any atom is -0.530 e. The summed E-state index contributed by atoms with van der Waals surface area (Å²) in [6.45, 7) is 1.94. The van der Waals surface area contributed by atoms with Crippen LogP contribution in [0, 0.1) is 0 Å². The van der Waals surface area contributed by atoms with Crippen LogP contribution in [0.15, 0.2) is 12.4 Å². The lowest BCUT2D eigenvalue weighted by Gasteiger charge is -2.21. The Bertz CT molecular complexity index is 315. The molecule has 1 heterocycles. The molecule has 6 heteroatoms. The van der Waals surface area contributed by atoms with Crippen LogP contribution in [0.25, 0.3) is 0 Å². The quantitative estimate of drug-likeness (QED) is 0.646. The van der Waals surface area contributed by atoms with Crippen LogP contribution < -0.4 is 15.7 Å². The summed E-state index contributed by atoms with van der Waals surface area (Å²) in [5.74, 6) is 0.458. The number of nitrogen functional groups attached to an aromatic ring is 1. The van der Waals surface area contributed by atoms with Crippen molar-refractivity contribution in [1.82, 2.24) is 9.97 Å². The molecule has 0 atom stereocenters. The summed E-state index contributed by atoms with van der Waals surface area (Å²) in [5, 5.41) is 10.6. The topological polar surface area (TPSA) is 95.2 Å². The van der Waals surface area contributed by atoms with Gasteiger partial charge in [-0.1, -0.05) is 0 Å². The van der Waals surface area contributed by atoms with Crippen LogP contribution in [0.4, 0.5) is 16.4 Å². The highest BCUT2D eigenvalue weighted by Crippen LogP contribution is 2.10. The Labute approximate surface area is 75.0 Å². The lowest BCUT2D eigenvalue weighted by atomic mass is 10.5. The van der Waals surface area contributed by atoms with Crippen molar-refractivity contribution in [2.75, 3.05) is 17.2 Å². The van der Waals surface area contributed by atoms with Crippen LogP contribution >= 0.6 is 0 Å². The molecule has 0 fully saturated rings. The van der Waals surface area contributed by atoms with Crippen LogP contribution in [0.3, 0.4) is 0 Å². The molecule has 0 bridgehead atoms. The fourth-order valence-electron chi connectivity index (χ4n) is 0.894. The normalized spacial score (nSPS) is 9.62. The van der Waals surface area contributed by atoms with Crippen molar-refractivity contribution in [2.45, 2.75) is 6.92 Å². The molecule has 0 unspecified atom stereocenters. The van der Waals surface area contributed by atoms with Crippen LogP contribution in [0.5, 0.6) is 0 Å². The predicted octanol–water partition coefficient (Wildman–Crippen LogP) is -0.772. The SMILES string of the molecule is CCN(C(=O)[O-])c1cc(N)ncn1. The van der Waals surface area contributed by atoms with Crippen LogP contribution in [-0.2, 0) is 0 Å². The second kappa shape index (κ2) is 3.70. The highest BCUT2D eigenvalue weighted by molar-refractivity contribution is 5.83. The molecule has 0 radical (unpaired) electrons. The molecule has 0 aliphatic heterocycles. The maximum Gasteiger partial charge on any atom is 0.142 e. The number of nitrogens with zero attached hydrogens (tertiary/aromatic N) is 3. The molecule has 0 spiro atoms. The molecule has 0 aliphatic carbocycles. The Balaban J connectivity index is 2.98. The van der Waals surface area contributed by atoms with Gasteiger partial charge >= 0.3 is 0 Å². The van der Waals surface area contributed by atoms with Crippen LogP contribution in [-0.4, -0.2) is 22.6 Å². The Hall–Kier alpha value is -1.85. The highest BCUT2D eigenvalue weighted by atomic mass is 16.4. The van der Waals surface area contributed by atoms with E-state index in [9.17, 15) is 9.90 Å². The van der Waals surface area contributed by atoms with Gasteiger partial charge in [0.2, 0.25) is 0 Å². The first kappa shape index (κ1) is 9.24. The molecule has 1 aromatic heterocycles. The van der Waals surface area contributed by atoms with Crippen LogP contribution in [0.1, 0.15) is 6.92 Å². The molecule has 0 saturated carbocycles. The molecule has 1 aromatic rings. The first-order chi connectivity index (χ1) is 6.15. The molecule has 70 valence electrons. The molecule has 2 N–H and O–H groups in total. The second-order valence-electron chi connectivity index (χ2n) is 2.31. The molecule has 0 aromatic carbocycles. The number of carboxylic acid groups (broad SMARTS) is 1. The third kappa shape index (κ3) is 2.05. The summed E-state index contributed by atoms with van der Waals surface area (Å²) in [7, 11) is 0. The van der Waals surface area contributed by atoms with E-state index < -0.39 is 6.09 Å². The van der Waals surface area contributed by atoms with Gasteiger partial charge in [0.05, 0.1) is 0 Å². The average Bonchev–Trinajstić information content (AvgIpc) is 2.04. The summed E-state index contributed by atoms with van der Waals surface area (Å²) >= 11 is 0. The van der Waals surface area contributed by atoms with Gasteiger partial charge in [-0.15, -0.1) is 0 Å². The molecule has 13 heavy (non-hydrogen) atoms. The van der Waals surface area contributed by atoms with E-state index in [0.29, 0.717) is 0 Å². The molecule has 6 nitrogen and oxygen atoms in total. The van der Waals surface area contributed by atoms with Gasteiger partial charge in [-0.2, -0.15) is 0 Å². The molecular weight excluding hydrogens is 172 g/mol. The number of hydrogen-bond acceptors (Lipinski definition) is 5. The fraction of sp³-hybridized carbons (Fsp3) is 0.286. The number of rotatable bonds is 2. The highest BCUT2D eigenvalue weighted by Gasteiger charge is 2.06. The van der Waals surface area contributed by atoms with Crippen molar-refractivity contribution in [3.05, 3.63) is 12.4 Å². The lowest BCUT2D eigenvalue weighted by Crippen LogP contribution is -2.41.